The van der Waals surface area contributed by atoms with Crippen LogP contribution in [0.1, 0.15) is 80.5 Å². The largest absolute Gasteiger partial charge is 0.0767 e. The molecular weight excluding hydrogens is 757 g/mol. The Morgan fingerprint density at radius 3 is 1.62 bits per heavy atom. The van der Waals surface area contributed by atoms with Gasteiger partial charge in [-0.15, -0.1) is 0 Å². The standard InChI is InChI=1S/C63H50/c1-61(2)53-33-31-38(57-59-48-26-14-16-29-52(48)62(3,4)55(59)36-50-41-21-13-15-28-51(41)63(5,6)60(50)57)34-49(53)42-32-30-39(35-54(42)61)56-44-22-9-11-24-46(44)58(47-25-12-10-23-45(47)56)43-27-17-19-37-18-7-8-20-40(37)43/h7-37,40H,1-6H3. The Morgan fingerprint density at radius 2 is 0.889 bits per heavy atom. The molecule has 0 nitrogen and oxygen atoms in total. The summed E-state index contributed by atoms with van der Waals surface area (Å²) >= 11 is 0. The molecule has 0 aromatic heterocycles. The summed E-state index contributed by atoms with van der Waals surface area (Å²) in [5, 5.41) is 5.25. The minimum atomic E-state index is -0.176. The van der Waals surface area contributed by atoms with Crippen molar-refractivity contribution in [2.45, 2.75) is 57.8 Å². The highest BCUT2D eigenvalue weighted by Crippen LogP contribution is 2.62. The molecule has 0 bridgehead atoms. The summed E-state index contributed by atoms with van der Waals surface area (Å²) in [6.45, 7) is 14.6. The zero-order valence-electron chi connectivity index (χ0n) is 37.0. The van der Waals surface area contributed by atoms with Crippen molar-refractivity contribution in [1.82, 2.24) is 0 Å². The smallest absolute Gasteiger partial charge is 0.0165 e. The molecule has 8 aromatic carbocycles. The van der Waals surface area contributed by atoms with Crippen LogP contribution in [0.3, 0.4) is 0 Å². The topological polar surface area (TPSA) is 0 Å². The van der Waals surface area contributed by atoms with Gasteiger partial charge < -0.3 is 0 Å². The summed E-state index contributed by atoms with van der Waals surface area (Å²) < 4.78 is 0. The van der Waals surface area contributed by atoms with Crippen molar-refractivity contribution in [3.63, 3.8) is 0 Å². The van der Waals surface area contributed by atoms with Crippen LogP contribution in [-0.2, 0) is 16.2 Å². The molecule has 0 amide bonds. The van der Waals surface area contributed by atoms with E-state index in [9.17, 15) is 0 Å². The molecule has 5 aliphatic rings. The number of fused-ring (bicyclic) bond motifs is 12. The fourth-order valence-electron chi connectivity index (χ4n) is 13.0. The average molecular weight is 807 g/mol. The first-order valence-electron chi connectivity index (χ1n) is 22.9. The van der Waals surface area contributed by atoms with E-state index in [2.05, 4.69) is 224 Å². The maximum Gasteiger partial charge on any atom is 0.0165 e. The van der Waals surface area contributed by atoms with Gasteiger partial charge in [-0.2, -0.15) is 0 Å². The molecule has 0 heterocycles. The molecule has 13 rings (SSSR count). The molecular formula is C63H50. The third kappa shape index (κ3) is 4.82. The third-order valence-corrected chi connectivity index (χ3v) is 16.0. The Labute approximate surface area is 371 Å². The van der Waals surface area contributed by atoms with E-state index in [0.29, 0.717) is 11.8 Å². The first-order chi connectivity index (χ1) is 30.5. The van der Waals surface area contributed by atoms with Gasteiger partial charge in [0, 0.05) is 28.1 Å². The zero-order valence-corrected chi connectivity index (χ0v) is 37.0. The second kappa shape index (κ2) is 12.7. The average Bonchev–Trinajstić information content (AvgIpc) is 3.79. The lowest BCUT2D eigenvalue weighted by Crippen LogP contribution is -2.18. The van der Waals surface area contributed by atoms with Gasteiger partial charge in [-0.3, -0.25) is 0 Å². The van der Waals surface area contributed by atoms with Gasteiger partial charge in [0.1, 0.15) is 0 Å². The Bertz CT molecular complexity index is 3420. The van der Waals surface area contributed by atoms with E-state index in [1.807, 2.05) is 0 Å². The molecule has 0 saturated heterocycles. The molecule has 2 unspecified atom stereocenters. The Kier molecular flexibility index (Phi) is 7.41. The molecule has 63 heavy (non-hydrogen) atoms. The molecule has 2 atom stereocenters. The summed E-state index contributed by atoms with van der Waals surface area (Å²) in [4.78, 5) is 0. The molecule has 0 saturated carbocycles. The lowest BCUT2D eigenvalue weighted by Gasteiger charge is -2.29. The van der Waals surface area contributed by atoms with Crippen LogP contribution in [0.15, 0.2) is 182 Å². The van der Waals surface area contributed by atoms with Crippen molar-refractivity contribution in [1.29, 1.82) is 0 Å². The second-order valence-electron chi connectivity index (χ2n) is 20.3. The van der Waals surface area contributed by atoms with Crippen molar-refractivity contribution in [3.8, 4) is 55.6 Å². The fraction of sp³-hybridized carbons (Fsp3) is 0.175. The minimum Gasteiger partial charge on any atom is -0.0767 e. The monoisotopic (exact) mass is 806 g/mol. The quantitative estimate of drug-likeness (QED) is 0.156. The summed E-state index contributed by atoms with van der Waals surface area (Å²) in [6, 6.07) is 54.0. The lowest BCUT2D eigenvalue weighted by atomic mass is 9.74. The van der Waals surface area contributed by atoms with Gasteiger partial charge in [0.25, 0.3) is 0 Å². The van der Waals surface area contributed by atoms with Crippen LogP contribution in [0.2, 0.25) is 0 Å². The van der Waals surface area contributed by atoms with E-state index < -0.39 is 0 Å². The maximum absolute atomic E-state index is 2.56. The van der Waals surface area contributed by atoms with E-state index >= 15 is 0 Å². The van der Waals surface area contributed by atoms with Gasteiger partial charge in [-0.05, 0) is 140 Å². The molecule has 8 aromatic rings. The van der Waals surface area contributed by atoms with E-state index in [4.69, 9.17) is 0 Å². The fourth-order valence-corrected chi connectivity index (χ4v) is 13.0. The summed E-state index contributed by atoms with van der Waals surface area (Å²) in [5.41, 5.74) is 24.4. The van der Waals surface area contributed by atoms with Crippen LogP contribution in [0.4, 0.5) is 0 Å². The van der Waals surface area contributed by atoms with Gasteiger partial charge in [0.2, 0.25) is 0 Å². The third-order valence-electron chi connectivity index (χ3n) is 16.0. The van der Waals surface area contributed by atoms with Crippen molar-refractivity contribution in [2.75, 3.05) is 0 Å². The summed E-state index contributed by atoms with van der Waals surface area (Å²) in [5.74, 6) is 0.699. The highest BCUT2D eigenvalue weighted by atomic mass is 14.5. The molecule has 0 heteroatoms. The molecule has 0 aliphatic heterocycles. The Hall–Kier alpha value is -6.76. The second-order valence-corrected chi connectivity index (χ2v) is 20.3. The highest BCUT2D eigenvalue weighted by molar-refractivity contribution is 6.19. The SMILES string of the molecule is CC1(C)c2ccc(-c3c4c(cc5c3C(C)(C)c3ccccc3-5)C(C)(C)c3ccccc3-4)cc2-c2ccc(-c3c4ccccc4c(C4=CC=CC5C=CC=CC45)c4ccccc34)cc21. The number of rotatable bonds is 3. The van der Waals surface area contributed by atoms with E-state index in [1.54, 1.807) is 0 Å². The highest BCUT2D eigenvalue weighted by Gasteiger charge is 2.45. The predicted octanol–water partition coefficient (Wildman–Crippen LogP) is 16.6. The van der Waals surface area contributed by atoms with E-state index in [0.717, 1.165) is 0 Å². The van der Waals surface area contributed by atoms with Crippen molar-refractivity contribution >= 4 is 27.1 Å². The Balaban J connectivity index is 1.02. The van der Waals surface area contributed by atoms with Crippen LogP contribution >= 0.6 is 0 Å². The van der Waals surface area contributed by atoms with Crippen molar-refractivity contribution < 1.29 is 0 Å². The Morgan fingerprint density at radius 1 is 0.349 bits per heavy atom. The van der Waals surface area contributed by atoms with Gasteiger partial charge >= 0.3 is 0 Å². The van der Waals surface area contributed by atoms with Crippen LogP contribution < -0.4 is 0 Å². The van der Waals surface area contributed by atoms with Crippen LogP contribution in [-0.4, -0.2) is 0 Å². The predicted molar refractivity (Wildman–Crippen MR) is 267 cm³/mol. The number of hydrogen-bond donors (Lipinski definition) is 0. The summed E-state index contributed by atoms with van der Waals surface area (Å²) in [6.07, 6.45) is 16.1. The van der Waals surface area contributed by atoms with Gasteiger partial charge in [0.15, 0.2) is 0 Å². The maximum atomic E-state index is 2.56. The summed E-state index contributed by atoms with van der Waals surface area (Å²) in [7, 11) is 0. The molecule has 302 valence electrons. The molecule has 0 spiro atoms. The lowest BCUT2D eigenvalue weighted by molar-refractivity contribution is 0.653. The van der Waals surface area contributed by atoms with Gasteiger partial charge in [-0.25, -0.2) is 0 Å². The van der Waals surface area contributed by atoms with E-state index in [-0.39, 0.29) is 16.2 Å². The molecule has 0 fully saturated rings. The van der Waals surface area contributed by atoms with Crippen molar-refractivity contribution in [2.24, 2.45) is 11.8 Å². The first kappa shape index (κ1) is 36.9. The number of allylic oxidation sites excluding steroid dienone is 8. The minimum absolute atomic E-state index is 0.108. The zero-order chi connectivity index (χ0) is 42.6. The van der Waals surface area contributed by atoms with Crippen LogP contribution in [0.25, 0.3) is 82.8 Å². The molecule has 0 radical (unpaired) electrons. The first-order valence-corrected chi connectivity index (χ1v) is 22.9. The van der Waals surface area contributed by atoms with Crippen LogP contribution in [0.5, 0.6) is 0 Å². The van der Waals surface area contributed by atoms with E-state index in [1.165, 1.54) is 122 Å². The van der Waals surface area contributed by atoms with Crippen molar-refractivity contribution in [3.05, 3.63) is 221 Å². The molecule has 5 aliphatic carbocycles. The number of hydrogen-bond acceptors (Lipinski definition) is 0. The molecule has 0 N–H and O–H groups in total. The van der Waals surface area contributed by atoms with Gasteiger partial charge in [-0.1, -0.05) is 205 Å². The number of benzene rings is 8. The normalized spacial score (nSPS) is 19.6. The van der Waals surface area contributed by atoms with Crippen LogP contribution in [0, 0.1) is 11.8 Å². The van der Waals surface area contributed by atoms with Gasteiger partial charge in [0.05, 0.1) is 0 Å².